The van der Waals surface area contributed by atoms with Gasteiger partial charge in [0.05, 0.1) is 17.3 Å². The second kappa shape index (κ2) is 5.31. The summed E-state index contributed by atoms with van der Waals surface area (Å²) in [5, 5.41) is 12.9. The van der Waals surface area contributed by atoms with E-state index >= 15 is 0 Å². The molecule has 6 heteroatoms. The molecule has 0 unspecified atom stereocenters. The van der Waals surface area contributed by atoms with Crippen LogP contribution < -0.4 is 10.6 Å². The van der Waals surface area contributed by atoms with Crippen molar-refractivity contribution in [3.8, 4) is 0 Å². The van der Waals surface area contributed by atoms with E-state index in [2.05, 4.69) is 20.8 Å². The van der Waals surface area contributed by atoms with Crippen LogP contribution in [-0.4, -0.2) is 35.1 Å². The fourth-order valence-electron chi connectivity index (χ4n) is 1.68. The van der Waals surface area contributed by atoms with E-state index in [0.29, 0.717) is 18.7 Å². The molecule has 0 atom stereocenters. The molecule has 2 aromatic rings. The lowest BCUT2D eigenvalue weighted by Gasteiger charge is -2.06. The Morgan fingerprint density at radius 2 is 2.06 bits per heavy atom. The monoisotopic (exact) mass is 246 g/mol. The molecule has 18 heavy (non-hydrogen) atoms. The van der Waals surface area contributed by atoms with Crippen LogP contribution >= 0.6 is 0 Å². The normalized spacial score (nSPS) is 10.3. The fourth-order valence-corrected chi connectivity index (χ4v) is 1.68. The zero-order valence-electron chi connectivity index (χ0n) is 9.99. The van der Waals surface area contributed by atoms with Crippen molar-refractivity contribution in [1.29, 1.82) is 0 Å². The maximum Gasteiger partial charge on any atom is 0.252 e. The van der Waals surface area contributed by atoms with E-state index in [0.717, 1.165) is 10.9 Å². The predicted octanol–water partition coefficient (Wildman–Crippen LogP) is 0.429. The van der Waals surface area contributed by atoms with E-state index in [-0.39, 0.29) is 11.8 Å². The fraction of sp³-hybridized carbons (Fsp3) is 0.250. The number of fused-ring (bicyclic) bond motifs is 1. The first kappa shape index (κ1) is 12.1. The van der Waals surface area contributed by atoms with Gasteiger partial charge in [0.2, 0.25) is 5.91 Å². The molecule has 1 heterocycles. The number of hydrogen-bond donors (Lipinski definition) is 3. The van der Waals surface area contributed by atoms with Gasteiger partial charge in [-0.05, 0) is 12.1 Å². The van der Waals surface area contributed by atoms with Gasteiger partial charge >= 0.3 is 0 Å². The number of nitrogens with zero attached hydrogens (tertiary/aromatic N) is 1. The van der Waals surface area contributed by atoms with Crippen LogP contribution in [0, 0.1) is 0 Å². The molecule has 0 fully saturated rings. The highest BCUT2D eigenvalue weighted by molar-refractivity contribution is 6.06. The molecule has 0 saturated carbocycles. The largest absolute Gasteiger partial charge is 0.355 e. The van der Waals surface area contributed by atoms with Crippen LogP contribution in [0.2, 0.25) is 0 Å². The number of aromatic amines is 1. The van der Waals surface area contributed by atoms with E-state index in [1.165, 1.54) is 6.92 Å². The van der Waals surface area contributed by atoms with E-state index in [9.17, 15) is 9.59 Å². The Morgan fingerprint density at radius 3 is 2.83 bits per heavy atom. The smallest absolute Gasteiger partial charge is 0.252 e. The Bertz CT molecular complexity index is 576. The quantitative estimate of drug-likeness (QED) is 0.684. The van der Waals surface area contributed by atoms with Crippen LogP contribution in [0.5, 0.6) is 0 Å². The number of nitrogens with one attached hydrogen (secondary N) is 3. The summed E-state index contributed by atoms with van der Waals surface area (Å²) in [6.45, 7) is 2.25. The maximum atomic E-state index is 11.9. The number of hydrogen-bond acceptors (Lipinski definition) is 3. The molecule has 2 rings (SSSR count). The molecule has 1 aromatic heterocycles. The van der Waals surface area contributed by atoms with Crippen LogP contribution in [0.1, 0.15) is 17.3 Å². The van der Waals surface area contributed by atoms with Crippen molar-refractivity contribution < 1.29 is 9.59 Å². The summed E-state index contributed by atoms with van der Waals surface area (Å²) >= 11 is 0. The SMILES string of the molecule is CC(=O)NCCNC(=O)c1cccc2[nH]ncc12. The minimum absolute atomic E-state index is 0.110. The Kier molecular flexibility index (Phi) is 3.57. The molecular weight excluding hydrogens is 232 g/mol. The second-order valence-electron chi connectivity index (χ2n) is 3.88. The van der Waals surface area contributed by atoms with Gasteiger partial charge < -0.3 is 10.6 Å². The summed E-state index contributed by atoms with van der Waals surface area (Å²) in [6, 6.07) is 5.39. The first-order chi connectivity index (χ1) is 8.68. The lowest BCUT2D eigenvalue weighted by molar-refractivity contribution is -0.118. The standard InChI is InChI=1S/C12H14N4O2/c1-8(17)13-5-6-14-12(18)9-3-2-4-11-10(9)7-15-16-11/h2-4,7H,5-6H2,1H3,(H,13,17)(H,14,18)(H,15,16). The average Bonchev–Trinajstić information content (AvgIpc) is 2.82. The topological polar surface area (TPSA) is 86.9 Å². The Labute approximate surface area is 104 Å². The van der Waals surface area contributed by atoms with E-state index in [1.54, 1.807) is 18.3 Å². The van der Waals surface area contributed by atoms with Crippen molar-refractivity contribution in [2.75, 3.05) is 13.1 Å². The third-order valence-corrected chi connectivity index (χ3v) is 2.51. The molecule has 0 aliphatic rings. The number of aromatic nitrogens is 2. The van der Waals surface area contributed by atoms with Crippen LogP contribution in [0.4, 0.5) is 0 Å². The minimum Gasteiger partial charge on any atom is -0.355 e. The molecule has 0 aliphatic heterocycles. The highest BCUT2D eigenvalue weighted by Gasteiger charge is 2.09. The highest BCUT2D eigenvalue weighted by Crippen LogP contribution is 2.15. The van der Waals surface area contributed by atoms with Crippen LogP contribution in [-0.2, 0) is 4.79 Å². The summed E-state index contributed by atoms with van der Waals surface area (Å²) in [5.41, 5.74) is 1.40. The third kappa shape index (κ3) is 2.65. The molecule has 6 nitrogen and oxygen atoms in total. The van der Waals surface area contributed by atoms with Gasteiger partial charge in [-0.2, -0.15) is 5.10 Å². The molecule has 0 radical (unpaired) electrons. The van der Waals surface area contributed by atoms with Crippen molar-refractivity contribution in [2.24, 2.45) is 0 Å². The van der Waals surface area contributed by atoms with Gasteiger partial charge in [0.1, 0.15) is 0 Å². The maximum absolute atomic E-state index is 11.9. The molecular formula is C12H14N4O2. The van der Waals surface area contributed by atoms with E-state index in [1.807, 2.05) is 6.07 Å². The summed E-state index contributed by atoms with van der Waals surface area (Å²) in [5.74, 6) is -0.284. The summed E-state index contributed by atoms with van der Waals surface area (Å²) in [7, 11) is 0. The predicted molar refractivity (Wildman–Crippen MR) is 67.1 cm³/mol. The Balaban J connectivity index is 2.00. The zero-order valence-corrected chi connectivity index (χ0v) is 9.99. The van der Waals surface area contributed by atoms with Crippen LogP contribution in [0.25, 0.3) is 10.9 Å². The number of rotatable bonds is 4. The van der Waals surface area contributed by atoms with Crippen LogP contribution in [0.15, 0.2) is 24.4 Å². The Morgan fingerprint density at radius 1 is 1.28 bits per heavy atom. The molecule has 0 saturated heterocycles. The van der Waals surface area contributed by atoms with Gasteiger partial charge in [0.25, 0.3) is 5.91 Å². The van der Waals surface area contributed by atoms with Gasteiger partial charge in [-0.1, -0.05) is 6.07 Å². The number of amides is 2. The van der Waals surface area contributed by atoms with Crippen molar-refractivity contribution in [1.82, 2.24) is 20.8 Å². The van der Waals surface area contributed by atoms with Crippen molar-refractivity contribution in [3.05, 3.63) is 30.0 Å². The molecule has 0 spiro atoms. The third-order valence-electron chi connectivity index (χ3n) is 2.51. The lowest BCUT2D eigenvalue weighted by atomic mass is 10.1. The minimum atomic E-state index is -0.174. The van der Waals surface area contributed by atoms with Gasteiger partial charge in [-0.3, -0.25) is 14.7 Å². The van der Waals surface area contributed by atoms with Gasteiger partial charge in [0.15, 0.2) is 0 Å². The number of H-pyrrole nitrogens is 1. The Hall–Kier alpha value is -2.37. The molecule has 0 bridgehead atoms. The van der Waals surface area contributed by atoms with Crippen molar-refractivity contribution >= 4 is 22.7 Å². The first-order valence-corrected chi connectivity index (χ1v) is 5.63. The molecule has 94 valence electrons. The van der Waals surface area contributed by atoms with Crippen LogP contribution in [0.3, 0.4) is 0 Å². The second-order valence-corrected chi connectivity index (χ2v) is 3.88. The first-order valence-electron chi connectivity index (χ1n) is 5.63. The molecule has 0 aliphatic carbocycles. The van der Waals surface area contributed by atoms with Crippen molar-refractivity contribution in [3.63, 3.8) is 0 Å². The average molecular weight is 246 g/mol. The van der Waals surface area contributed by atoms with Crippen molar-refractivity contribution in [2.45, 2.75) is 6.92 Å². The summed E-state index contributed by atoms with van der Waals surface area (Å²) in [4.78, 5) is 22.6. The number of benzene rings is 1. The van der Waals surface area contributed by atoms with Gasteiger partial charge in [-0.15, -0.1) is 0 Å². The molecule has 2 amide bonds. The molecule has 1 aromatic carbocycles. The zero-order chi connectivity index (χ0) is 13.0. The molecule has 3 N–H and O–H groups in total. The summed E-state index contributed by atoms with van der Waals surface area (Å²) < 4.78 is 0. The van der Waals surface area contributed by atoms with E-state index in [4.69, 9.17) is 0 Å². The van der Waals surface area contributed by atoms with Gasteiger partial charge in [0, 0.05) is 25.4 Å². The highest BCUT2D eigenvalue weighted by atomic mass is 16.2. The number of carbonyl (C=O) groups is 2. The lowest BCUT2D eigenvalue weighted by Crippen LogP contribution is -2.33. The van der Waals surface area contributed by atoms with E-state index < -0.39 is 0 Å². The number of carbonyl (C=O) groups excluding carboxylic acids is 2. The summed E-state index contributed by atoms with van der Waals surface area (Å²) in [6.07, 6.45) is 1.62. The van der Waals surface area contributed by atoms with Gasteiger partial charge in [-0.25, -0.2) is 0 Å².